The number of piperidine rings is 3. The first-order chi connectivity index (χ1) is 35.6. The van der Waals surface area contributed by atoms with Gasteiger partial charge in [0, 0.05) is 95.6 Å². The van der Waals surface area contributed by atoms with Gasteiger partial charge in [-0.2, -0.15) is 0 Å². The quantitative estimate of drug-likeness (QED) is 0.0776. The van der Waals surface area contributed by atoms with Crippen LogP contribution in [0.5, 0.6) is 0 Å². The molecule has 3 fully saturated rings. The fourth-order valence-electron chi connectivity index (χ4n) is 9.19. The van der Waals surface area contributed by atoms with Crippen LogP contribution in [0.3, 0.4) is 0 Å². The summed E-state index contributed by atoms with van der Waals surface area (Å²) in [5.74, 6) is 1.25. The molecule has 3 aliphatic heterocycles. The smallest absolute Gasteiger partial charge is 0.409 e. The predicted molar refractivity (Wildman–Crippen MR) is 292 cm³/mol. The third-order valence-corrected chi connectivity index (χ3v) is 12.8. The van der Waals surface area contributed by atoms with Crippen molar-refractivity contribution in [2.75, 3.05) is 114 Å². The molecule has 3 saturated heterocycles. The summed E-state index contributed by atoms with van der Waals surface area (Å²) in [6.07, 6.45) is 8.51. The van der Waals surface area contributed by atoms with E-state index in [0.29, 0.717) is 44.6 Å². The van der Waals surface area contributed by atoms with Crippen molar-refractivity contribution in [3.63, 3.8) is 0 Å². The molecule has 6 amide bonds. The number of amides is 6. The number of carbonyl (C=O) groups excluding carboxylic acids is 5. The van der Waals surface area contributed by atoms with Crippen LogP contribution in [0.2, 0.25) is 0 Å². The first kappa shape index (κ1) is 58.7. The molecule has 3 heterocycles. The monoisotopic (exact) mass is 1000 g/mol. The number of hydrogen-bond donors (Lipinski definition) is 3. The molecular formula is C57H81N9O7. The van der Waals surface area contributed by atoms with Crippen molar-refractivity contribution >= 4 is 47.4 Å². The van der Waals surface area contributed by atoms with E-state index < -0.39 is 0 Å². The highest BCUT2D eigenvalue weighted by molar-refractivity contribution is 5.92. The molecule has 3 unspecified atom stereocenters. The van der Waals surface area contributed by atoms with E-state index in [-0.39, 0.29) is 30.2 Å². The predicted octanol–water partition coefficient (Wildman–Crippen LogP) is 9.80. The van der Waals surface area contributed by atoms with E-state index in [0.717, 1.165) is 102 Å². The summed E-state index contributed by atoms with van der Waals surface area (Å²) < 4.78 is 9.58. The Morgan fingerprint density at radius 1 is 0.603 bits per heavy atom. The average molecular weight is 1000 g/mol. The molecule has 16 nitrogen and oxygen atoms in total. The summed E-state index contributed by atoms with van der Waals surface area (Å²) in [4.78, 5) is 70.2. The summed E-state index contributed by atoms with van der Waals surface area (Å²) in [5, 5.41) is 9.24. The number of carbonyl (C=O) groups is 4. The molecule has 3 aliphatic rings. The molecule has 3 N–H and O–H groups in total. The first-order valence-electron chi connectivity index (χ1n) is 26.1. The number of nitrogens with zero attached hydrogens (tertiary/aromatic N) is 6. The molecule has 0 saturated carbocycles. The Kier molecular flexibility index (Phi) is 27.7. The van der Waals surface area contributed by atoms with Gasteiger partial charge in [0.05, 0.1) is 14.2 Å². The van der Waals surface area contributed by atoms with Crippen LogP contribution in [0, 0.1) is 17.8 Å². The van der Waals surface area contributed by atoms with E-state index >= 15 is 0 Å². The first-order valence-corrected chi connectivity index (χ1v) is 26.1. The number of anilines is 3. The van der Waals surface area contributed by atoms with Crippen LogP contribution in [0.1, 0.15) is 64.9 Å². The molecule has 0 radical (unpaired) electrons. The summed E-state index contributed by atoms with van der Waals surface area (Å²) in [7, 11) is 2.84. The van der Waals surface area contributed by atoms with E-state index in [4.69, 9.17) is 14.3 Å². The third kappa shape index (κ3) is 21.8. The van der Waals surface area contributed by atoms with Gasteiger partial charge in [-0.15, -0.1) is 0 Å². The van der Waals surface area contributed by atoms with Crippen LogP contribution in [-0.4, -0.2) is 144 Å². The molecule has 4 aromatic carbocycles. The minimum absolute atomic E-state index is 0.00473. The zero-order valence-electron chi connectivity index (χ0n) is 44.0. The maximum atomic E-state index is 12.6. The number of rotatable bonds is 15. The van der Waals surface area contributed by atoms with Crippen molar-refractivity contribution in [3.05, 3.63) is 127 Å². The highest BCUT2D eigenvalue weighted by atomic mass is 16.5. The number of isocyanates is 1. The van der Waals surface area contributed by atoms with Gasteiger partial charge in [0.1, 0.15) is 0 Å². The number of urea groups is 2. The fraction of sp³-hybridized carbons (Fsp3) is 0.491. The van der Waals surface area contributed by atoms with Gasteiger partial charge in [0.2, 0.25) is 6.08 Å². The van der Waals surface area contributed by atoms with Crippen LogP contribution in [0.4, 0.5) is 36.2 Å². The highest BCUT2D eigenvalue weighted by Gasteiger charge is 2.29. The number of hydrogen-bond acceptors (Lipinski definition) is 10. The molecular weight excluding hydrogens is 923 g/mol. The molecule has 4 aromatic rings. The number of aliphatic imine (C=N–C) groups is 1. The van der Waals surface area contributed by atoms with Crippen LogP contribution in [-0.2, 0) is 20.7 Å². The lowest BCUT2D eigenvalue weighted by molar-refractivity contribution is 0.103. The molecule has 0 bridgehead atoms. The minimum Gasteiger partial charge on any atom is -0.453 e. The summed E-state index contributed by atoms with van der Waals surface area (Å²) in [6.45, 7) is 15.9. The highest BCUT2D eigenvalue weighted by Crippen LogP contribution is 2.24. The Bertz CT molecular complexity index is 2200. The molecule has 0 spiro atoms. The van der Waals surface area contributed by atoms with Crippen molar-refractivity contribution in [2.45, 2.75) is 65.7 Å². The lowest BCUT2D eigenvalue weighted by Crippen LogP contribution is -2.47. The Balaban J connectivity index is 0.000000230. The SMILES string of the molecule is CCN=C=O.CCNC(=O)N(CC1CCCN(C(=O)OC)C1)c1ccccc1.CCNC(=O)N(CC1CCCN(CCc2ccccc2)C1)c1ccccc1.COC(=O)N1CCCC(CNc2ccccc2)C1. The molecule has 396 valence electrons. The molecule has 0 aromatic heterocycles. The standard InChI is InChI=1S/C23H31N3O.C17H25N3O3.C14H20N2O2.C3H5NO/c1-2-24-23(27)26(22-13-7-4-8-14-22)19-21-12-9-16-25(18-21)17-15-20-10-5-3-6-11-20;1-3-18-16(21)20(15-9-5-4-6-10-15)13-14-8-7-11-19(12-14)17(22)23-2;1-18-14(17)16-9-5-6-12(11-16)10-15-13-7-3-2-4-8-13;1-2-4-3-5/h3-8,10-11,13-14,21H,2,9,12,15-19H2,1H3,(H,24,27);4-6,9-10,14H,3,7-8,11-13H2,1-2H3,(H,18,21);2-4,7-8,12,15H,5-6,9-11H2,1H3;2H2,1H3. The number of para-hydroxylation sites is 3. The van der Waals surface area contributed by atoms with Gasteiger partial charge in [-0.05, 0) is 132 Å². The number of nitrogens with one attached hydrogen (secondary N) is 3. The number of benzene rings is 4. The van der Waals surface area contributed by atoms with Gasteiger partial charge in [-0.1, -0.05) is 84.9 Å². The van der Waals surface area contributed by atoms with Gasteiger partial charge in [-0.25, -0.2) is 29.0 Å². The second kappa shape index (κ2) is 34.5. The van der Waals surface area contributed by atoms with Gasteiger partial charge >= 0.3 is 24.2 Å². The molecule has 73 heavy (non-hydrogen) atoms. The number of likely N-dealkylation sites (tertiary alicyclic amines) is 3. The van der Waals surface area contributed by atoms with Crippen molar-refractivity contribution in [1.82, 2.24) is 25.3 Å². The van der Waals surface area contributed by atoms with Crippen molar-refractivity contribution in [1.29, 1.82) is 0 Å². The van der Waals surface area contributed by atoms with Gasteiger partial charge in [0.25, 0.3) is 0 Å². The zero-order chi connectivity index (χ0) is 52.5. The largest absolute Gasteiger partial charge is 0.453 e. The van der Waals surface area contributed by atoms with E-state index in [1.807, 2.05) is 97.6 Å². The van der Waals surface area contributed by atoms with Crippen LogP contribution < -0.4 is 25.8 Å². The van der Waals surface area contributed by atoms with Crippen LogP contribution in [0.25, 0.3) is 0 Å². The van der Waals surface area contributed by atoms with E-state index in [9.17, 15) is 19.2 Å². The number of methoxy groups -OCH3 is 2. The number of ether oxygens (including phenoxy) is 2. The normalized spacial score (nSPS) is 17.1. The molecule has 7 rings (SSSR count). The molecule has 16 heteroatoms. The average Bonchev–Trinajstić information content (AvgIpc) is 3.44. The maximum absolute atomic E-state index is 12.6. The van der Waals surface area contributed by atoms with Crippen molar-refractivity contribution < 1.29 is 33.4 Å². The van der Waals surface area contributed by atoms with Crippen LogP contribution >= 0.6 is 0 Å². The van der Waals surface area contributed by atoms with Crippen LogP contribution in [0.15, 0.2) is 126 Å². The van der Waals surface area contributed by atoms with E-state index in [2.05, 4.69) is 68.3 Å². The summed E-state index contributed by atoms with van der Waals surface area (Å²) >= 11 is 0. The van der Waals surface area contributed by atoms with E-state index in [1.54, 1.807) is 21.6 Å². The van der Waals surface area contributed by atoms with Gasteiger partial charge in [0.15, 0.2) is 0 Å². The summed E-state index contributed by atoms with van der Waals surface area (Å²) in [5.41, 5.74) is 4.37. The lowest BCUT2D eigenvalue weighted by Gasteiger charge is -2.35. The molecule has 0 aliphatic carbocycles. The third-order valence-electron chi connectivity index (χ3n) is 12.8. The Hall–Kier alpha value is -6.90. The van der Waals surface area contributed by atoms with E-state index in [1.165, 1.54) is 38.7 Å². The topological polar surface area (TPSA) is 168 Å². The van der Waals surface area contributed by atoms with Crippen molar-refractivity contribution in [2.24, 2.45) is 22.7 Å². The minimum atomic E-state index is -0.293. The summed E-state index contributed by atoms with van der Waals surface area (Å²) in [6, 6.07) is 40.4. The van der Waals surface area contributed by atoms with Gasteiger partial charge < -0.3 is 40.1 Å². The Labute approximate surface area is 434 Å². The zero-order valence-corrected chi connectivity index (χ0v) is 44.0. The fourth-order valence-corrected chi connectivity index (χ4v) is 9.19. The van der Waals surface area contributed by atoms with Crippen molar-refractivity contribution in [3.8, 4) is 0 Å². The lowest BCUT2D eigenvalue weighted by atomic mass is 9.96. The Morgan fingerprint density at radius 3 is 1.49 bits per heavy atom. The second-order valence-corrected chi connectivity index (χ2v) is 18.3. The maximum Gasteiger partial charge on any atom is 0.409 e. The molecule has 3 atom stereocenters. The Morgan fingerprint density at radius 2 is 1.04 bits per heavy atom. The second-order valence-electron chi connectivity index (χ2n) is 18.3. The van der Waals surface area contributed by atoms with Gasteiger partial charge in [-0.3, -0.25) is 9.80 Å².